The summed E-state index contributed by atoms with van der Waals surface area (Å²) in [5.41, 5.74) is 2.07. The molecule has 19 heavy (non-hydrogen) atoms. The highest BCUT2D eigenvalue weighted by atomic mass is 16.3. The van der Waals surface area contributed by atoms with Crippen molar-refractivity contribution in [2.75, 3.05) is 6.54 Å². The Labute approximate surface area is 112 Å². The Morgan fingerprint density at radius 1 is 1.53 bits per heavy atom. The zero-order valence-electron chi connectivity index (χ0n) is 11.1. The third-order valence-electron chi connectivity index (χ3n) is 3.30. The van der Waals surface area contributed by atoms with Crippen LogP contribution < -0.4 is 5.32 Å². The minimum atomic E-state index is -0.393. The fourth-order valence-electron chi connectivity index (χ4n) is 2.45. The van der Waals surface area contributed by atoms with E-state index in [0.29, 0.717) is 6.54 Å². The number of hydrogen-bond donors (Lipinski definition) is 2. The lowest BCUT2D eigenvalue weighted by molar-refractivity contribution is 0.174. The third-order valence-corrected chi connectivity index (χ3v) is 3.30. The van der Waals surface area contributed by atoms with Crippen molar-refractivity contribution >= 4 is 0 Å². The second-order valence-corrected chi connectivity index (χ2v) is 5.03. The van der Waals surface area contributed by atoms with Crippen LogP contribution in [0.1, 0.15) is 19.0 Å². The van der Waals surface area contributed by atoms with E-state index in [4.69, 9.17) is 0 Å². The zero-order valence-corrected chi connectivity index (χ0v) is 11.1. The molecule has 0 saturated heterocycles. The number of aromatic nitrogens is 4. The molecule has 6 nitrogen and oxygen atoms in total. The second kappa shape index (κ2) is 5.14. The topological polar surface area (TPSA) is 67.9 Å². The highest BCUT2D eigenvalue weighted by Gasteiger charge is 2.15. The van der Waals surface area contributed by atoms with Crippen LogP contribution in [0.25, 0.3) is 11.5 Å². The van der Waals surface area contributed by atoms with Gasteiger partial charge in [0.25, 0.3) is 0 Å². The molecule has 2 aromatic rings. The molecule has 0 spiro atoms. The van der Waals surface area contributed by atoms with Gasteiger partial charge in [-0.3, -0.25) is 4.68 Å². The van der Waals surface area contributed by atoms with E-state index in [1.54, 1.807) is 13.1 Å². The van der Waals surface area contributed by atoms with Gasteiger partial charge in [-0.2, -0.15) is 5.10 Å². The van der Waals surface area contributed by atoms with Crippen molar-refractivity contribution in [1.82, 2.24) is 24.6 Å². The Hall–Kier alpha value is -1.66. The van der Waals surface area contributed by atoms with Gasteiger partial charge in [0.1, 0.15) is 5.69 Å². The van der Waals surface area contributed by atoms with Gasteiger partial charge >= 0.3 is 0 Å². The number of aryl methyl sites for hydroxylation is 1. The molecule has 3 heterocycles. The van der Waals surface area contributed by atoms with Crippen LogP contribution in [0.3, 0.4) is 0 Å². The summed E-state index contributed by atoms with van der Waals surface area (Å²) < 4.78 is 4.00. The Morgan fingerprint density at radius 3 is 3.26 bits per heavy atom. The summed E-state index contributed by atoms with van der Waals surface area (Å²) in [6, 6.07) is 2.08. The van der Waals surface area contributed by atoms with E-state index >= 15 is 0 Å². The molecule has 1 atom stereocenters. The van der Waals surface area contributed by atoms with Gasteiger partial charge in [0.05, 0.1) is 11.8 Å². The molecule has 2 aromatic heterocycles. The van der Waals surface area contributed by atoms with Crippen molar-refractivity contribution in [3.05, 3.63) is 24.2 Å². The number of nitrogens with one attached hydrogen (secondary N) is 1. The zero-order chi connectivity index (χ0) is 13.2. The fourth-order valence-corrected chi connectivity index (χ4v) is 2.45. The lowest BCUT2D eigenvalue weighted by Crippen LogP contribution is -2.12. The van der Waals surface area contributed by atoms with Crippen LogP contribution in [0, 0.1) is 0 Å². The van der Waals surface area contributed by atoms with Crippen molar-refractivity contribution in [2.45, 2.75) is 39.1 Å². The van der Waals surface area contributed by atoms with Gasteiger partial charge in [-0.15, -0.1) is 0 Å². The van der Waals surface area contributed by atoms with Gasteiger partial charge in [0, 0.05) is 32.0 Å². The molecule has 0 fully saturated rings. The number of fused-ring (bicyclic) bond motifs is 1. The third kappa shape index (κ3) is 2.54. The minimum Gasteiger partial charge on any atom is -0.392 e. The summed E-state index contributed by atoms with van der Waals surface area (Å²) in [5, 5.41) is 17.5. The van der Waals surface area contributed by atoms with Gasteiger partial charge in [-0.05, 0) is 26.0 Å². The molecule has 0 amide bonds. The molecule has 0 bridgehead atoms. The number of hydrogen-bond acceptors (Lipinski definition) is 4. The van der Waals surface area contributed by atoms with E-state index in [2.05, 4.69) is 26.1 Å². The summed E-state index contributed by atoms with van der Waals surface area (Å²) in [6.45, 7) is 5.14. The average molecular weight is 261 g/mol. The van der Waals surface area contributed by atoms with E-state index in [1.807, 2.05) is 10.8 Å². The second-order valence-electron chi connectivity index (χ2n) is 5.03. The molecule has 1 aliphatic rings. The van der Waals surface area contributed by atoms with Gasteiger partial charge in [-0.1, -0.05) is 0 Å². The van der Waals surface area contributed by atoms with Crippen molar-refractivity contribution < 1.29 is 5.11 Å². The van der Waals surface area contributed by atoms with Crippen LogP contribution in [0.4, 0.5) is 0 Å². The maximum Gasteiger partial charge on any atom is 0.160 e. The molecule has 1 unspecified atom stereocenters. The highest BCUT2D eigenvalue weighted by Crippen LogP contribution is 2.19. The predicted octanol–water partition coefficient (Wildman–Crippen LogP) is 0.621. The van der Waals surface area contributed by atoms with Gasteiger partial charge in [0.2, 0.25) is 0 Å². The van der Waals surface area contributed by atoms with E-state index < -0.39 is 6.10 Å². The number of aliphatic hydroxyl groups is 1. The number of nitrogens with zero attached hydrogens (tertiary/aromatic N) is 4. The first kappa shape index (κ1) is 12.4. The SMILES string of the molecule is CC(O)Cn1ccnc1-c1cc2n(n1)CCCNC2. The largest absolute Gasteiger partial charge is 0.392 e. The molecular formula is C13H19N5O. The van der Waals surface area contributed by atoms with Crippen LogP contribution in [0.2, 0.25) is 0 Å². The average Bonchev–Trinajstić information content (AvgIpc) is 2.91. The van der Waals surface area contributed by atoms with E-state index in [-0.39, 0.29) is 0 Å². The summed E-state index contributed by atoms with van der Waals surface area (Å²) in [6.07, 6.45) is 4.33. The van der Waals surface area contributed by atoms with Gasteiger partial charge in [-0.25, -0.2) is 4.98 Å². The summed E-state index contributed by atoms with van der Waals surface area (Å²) in [7, 11) is 0. The smallest absolute Gasteiger partial charge is 0.160 e. The molecule has 0 aromatic carbocycles. The first-order valence-corrected chi connectivity index (χ1v) is 6.71. The molecule has 0 saturated carbocycles. The molecule has 102 valence electrons. The van der Waals surface area contributed by atoms with Crippen LogP contribution >= 0.6 is 0 Å². The van der Waals surface area contributed by atoms with Crippen molar-refractivity contribution in [2.24, 2.45) is 0 Å². The Balaban J connectivity index is 1.92. The molecular weight excluding hydrogens is 242 g/mol. The molecule has 1 aliphatic heterocycles. The van der Waals surface area contributed by atoms with Crippen LogP contribution in [-0.2, 0) is 19.6 Å². The standard InChI is InChI=1S/C13H19N5O/c1-10(19)9-17-6-4-15-13(17)12-7-11-8-14-3-2-5-18(11)16-12/h4,6-7,10,14,19H,2-3,5,8-9H2,1H3. The van der Waals surface area contributed by atoms with Crippen LogP contribution in [-0.4, -0.2) is 37.1 Å². The van der Waals surface area contributed by atoms with Crippen molar-refractivity contribution in [1.29, 1.82) is 0 Å². The van der Waals surface area contributed by atoms with Crippen molar-refractivity contribution in [3.63, 3.8) is 0 Å². The lowest BCUT2D eigenvalue weighted by Gasteiger charge is -2.08. The highest BCUT2D eigenvalue weighted by molar-refractivity contribution is 5.50. The first-order valence-electron chi connectivity index (χ1n) is 6.71. The number of imidazole rings is 1. The minimum absolute atomic E-state index is 0.393. The maximum absolute atomic E-state index is 9.51. The maximum atomic E-state index is 9.51. The summed E-state index contributed by atoms with van der Waals surface area (Å²) in [4.78, 5) is 4.36. The normalized spacial score (nSPS) is 16.9. The van der Waals surface area contributed by atoms with E-state index in [9.17, 15) is 5.11 Å². The molecule has 6 heteroatoms. The first-order chi connectivity index (χ1) is 9.24. The monoisotopic (exact) mass is 261 g/mol. The summed E-state index contributed by atoms with van der Waals surface area (Å²) >= 11 is 0. The van der Waals surface area contributed by atoms with Crippen molar-refractivity contribution in [3.8, 4) is 11.5 Å². The Morgan fingerprint density at radius 2 is 2.42 bits per heavy atom. The fraction of sp³-hybridized carbons (Fsp3) is 0.538. The lowest BCUT2D eigenvalue weighted by atomic mass is 10.3. The quantitative estimate of drug-likeness (QED) is 0.850. The van der Waals surface area contributed by atoms with E-state index in [0.717, 1.165) is 37.6 Å². The predicted molar refractivity (Wildman–Crippen MR) is 71.5 cm³/mol. The number of aliphatic hydroxyl groups excluding tert-OH is 1. The molecule has 2 N–H and O–H groups in total. The number of rotatable bonds is 3. The Kier molecular flexibility index (Phi) is 3.35. The van der Waals surface area contributed by atoms with E-state index in [1.165, 1.54) is 5.69 Å². The van der Waals surface area contributed by atoms with Gasteiger partial charge < -0.3 is 15.0 Å². The van der Waals surface area contributed by atoms with Gasteiger partial charge in [0.15, 0.2) is 5.82 Å². The molecule has 3 rings (SSSR count). The van der Waals surface area contributed by atoms with Crippen LogP contribution in [0.5, 0.6) is 0 Å². The molecule has 0 aliphatic carbocycles. The van der Waals surface area contributed by atoms with Crippen LogP contribution in [0.15, 0.2) is 18.5 Å². The summed E-state index contributed by atoms with van der Waals surface area (Å²) in [5.74, 6) is 0.821. The molecule has 0 radical (unpaired) electrons. The Bertz CT molecular complexity index is 534.